The van der Waals surface area contributed by atoms with E-state index in [4.69, 9.17) is 13.7 Å². The van der Waals surface area contributed by atoms with Crippen LogP contribution in [0.25, 0.3) is 0 Å². The van der Waals surface area contributed by atoms with Crippen molar-refractivity contribution in [3.8, 4) is 0 Å². The van der Waals surface area contributed by atoms with Crippen LogP contribution in [-0.2, 0) is 15.6 Å². The van der Waals surface area contributed by atoms with Crippen LogP contribution in [0.2, 0.25) is 18.1 Å². The van der Waals surface area contributed by atoms with Crippen molar-refractivity contribution >= 4 is 20.1 Å². The highest BCUT2D eigenvalue weighted by Gasteiger charge is 2.37. The molecule has 1 aromatic heterocycles. The molecule has 0 aliphatic carbocycles. The van der Waals surface area contributed by atoms with Gasteiger partial charge in [0.2, 0.25) is 0 Å². The predicted molar refractivity (Wildman–Crippen MR) is 118 cm³/mol. The van der Waals surface area contributed by atoms with Crippen molar-refractivity contribution in [3.63, 3.8) is 0 Å². The van der Waals surface area contributed by atoms with E-state index in [1.807, 2.05) is 0 Å². The molecule has 2 heterocycles. The lowest BCUT2D eigenvalue weighted by atomic mass is 10.1. The first-order chi connectivity index (χ1) is 13.2. The van der Waals surface area contributed by atoms with Crippen molar-refractivity contribution < 1.29 is 13.7 Å². The van der Waals surface area contributed by atoms with Crippen LogP contribution >= 0.6 is 11.8 Å². The number of hydrogen-bond acceptors (Lipinski definition) is 7. The summed E-state index contributed by atoms with van der Waals surface area (Å²) in [5.74, 6) is 2.36. The summed E-state index contributed by atoms with van der Waals surface area (Å²) in [5.41, 5.74) is 0. The van der Waals surface area contributed by atoms with Crippen molar-refractivity contribution in [2.75, 3.05) is 45.2 Å². The van der Waals surface area contributed by atoms with Crippen LogP contribution in [0, 0.1) is 5.92 Å². The van der Waals surface area contributed by atoms with Gasteiger partial charge in [0.05, 0.1) is 13.2 Å². The molecule has 0 N–H and O–H groups in total. The van der Waals surface area contributed by atoms with Crippen LogP contribution in [0.4, 0.5) is 0 Å². The first-order valence-electron chi connectivity index (χ1n) is 10.6. The Bertz CT molecular complexity index is 571. The smallest absolute Gasteiger partial charge is 0.285 e. The average Bonchev–Trinajstić information content (AvgIpc) is 3.08. The Morgan fingerprint density at radius 3 is 2.64 bits per heavy atom. The first kappa shape index (κ1) is 23.9. The number of morpholine rings is 1. The Morgan fingerprint density at radius 1 is 1.25 bits per heavy atom. The summed E-state index contributed by atoms with van der Waals surface area (Å²) in [6, 6.07) is 0. The zero-order valence-electron chi connectivity index (χ0n) is 18.6. The van der Waals surface area contributed by atoms with Crippen molar-refractivity contribution in [1.29, 1.82) is 0 Å². The van der Waals surface area contributed by atoms with E-state index in [-0.39, 0.29) is 5.04 Å². The number of rotatable bonds is 11. The van der Waals surface area contributed by atoms with Crippen LogP contribution in [0.3, 0.4) is 0 Å². The second kappa shape index (κ2) is 11.1. The fourth-order valence-corrected chi connectivity index (χ4v) is 4.66. The zero-order valence-corrected chi connectivity index (χ0v) is 20.4. The summed E-state index contributed by atoms with van der Waals surface area (Å²) < 4.78 is 17.1. The molecule has 2 rings (SSSR count). The molecule has 0 aromatic carbocycles. The summed E-state index contributed by atoms with van der Waals surface area (Å²) in [6.45, 7) is 19.4. The molecule has 8 heteroatoms. The van der Waals surface area contributed by atoms with Gasteiger partial charge in [-0.3, -0.25) is 4.90 Å². The summed E-state index contributed by atoms with van der Waals surface area (Å²) in [6.07, 6.45) is 3.07. The second-order valence-electron chi connectivity index (χ2n) is 9.35. The maximum absolute atomic E-state index is 6.33. The predicted octanol–water partition coefficient (Wildman–Crippen LogP) is 4.47. The van der Waals surface area contributed by atoms with Gasteiger partial charge >= 0.3 is 0 Å². The molecule has 28 heavy (non-hydrogen) atoms. The molecule has 1 aliphatic heterocycles. The number of nitrogens with zero attached hydrogens (tertiary/aromatic N) is 3. The third kappa shape index (κ3) is 8.14. The summed E-state index contributed by atoms with van der Waals surface area (Å²) in [4.78, 5) is 6.94. The molecule has 6 nitrogen and oxygen atoms in total. The normalized spacial score (nSPS) is 17.8. The molecule has 0 saturated carbocycles. The minimum Gasteiger partial charge on any atom is -0.417 e. The Balaban J connectivity index is 1.60. The molecule has 0 amide bonds. The molecule has 0 bridgehead atoms. The Labute approximate surface area is 176 Å². The van der Waals surface area contributed by atoms with Gasteiger partial charge in [0, 0.05) is 38.4 Å². The van der Waals surface area contributed by atoms with Crippen molar-refractivity contribution in [3.05, 3.63) is 5.82 Å². The minimum atomic E-state index is -1.65. The van der Waals surface area contributed by atoms with E-state index in [1.165, 1.54) is 0 Å². The van der Waals surface area contributed by atoms with Gasteiger partial charge in [-0.15, -0.1) is 0 Å². The number of thioether (sulfide) groups is 1. The van der Waals surface area contributed by atoms with Gasteiger partial charge in [-0.25, -0.2) is 0 Å². The van der Waals surface area contributed by atoms with Crippen molar-refractivity contribution in [2.24, 2.45) is 5.92 Å². The van der Waals surface area contributed by atoms with E-state index in [0.717, 1.165) is 70.3 Å². The molecule has 1 unspecified atom stereocenters. The van der Waals surface area contributed by atoms with Crippen molar-refractivity contribution in [2.45, 2.75) is 70.3 Å². The Kier molecular flexibility index (Phi) is 9.47. The quantitative estimate of drug-likeness (QED) is 0.380. The lowest BCUT2D eigenvalue weighted by Gasteiger charge is -2.37. The van der Waals surface area contributed by atoms with E-state index in [1.54, 1.807) is 11.8 Å². The highest BCUT2D eigenvalue weighted by molar-refractivity contribution is 7.99. The Hall–Kier alpha value is -0.413. The minimum absolute atomic E-state index is 0.271. The van der Waals surface area contributed by atoms with Crippen LogP contribution in [0.15, 0.2) is 9.75 Å². The van der Waals surface area contributed by atoms with E-state index in [0.29, 0.717) is 11.1 Å². The van der Waals surface area contributed by atoms with Crippen LogP contribution in [0.5, 0.6) is 0 Å². The third-order valence-electron chi connectivity index (χ3n) is 5.82. The molecular weight excluding hydrogens is 390 g/mol. The van der Waals surface area contributed by atoms with E-state index < -0.39 is 8.32 Å². The van der Waals surface area contributed by atoms with Gasteiger partial charge in [-0.1, -0.05) is 44.6 Å². The fourth-order valence-electron chi connectivity index (χ4n) is 2.74. The summed E-state index contributed by atoms with van der Waals surface area (Å²) in [5, 5.41) is 5.09. The third-order valence-corrected chi connectivity index (χ3v) is 11.1. The SMILES string of the molecule is CC(CCCc1noc(SCCN2CCOCC2)n1)CO[Si](C)(C)C(C)(C)C. The van der Waals surface area contributed by atoms with Crippen molar-refractivity contribution in [1.82, 2.24) is 15.0 Å². The maximum atomic E-state index is 6.33. The van der Waals surface area contributed by atoms with E-state index >= 15 is 0 Å². The molecule has 1 fully saturated rings. The summed E-state index contributed by atoms with van der Waals surface area (Å²) in [7, 11) is -1.65. The molecule has 1 aromatic rings. The molecule has 1 saturated heterocycles. The number of hydrogen-bond donors (Lipinski definition) is 0. The van der Waals surface area contributed by atoms with Crippen LogP contribution < -0.4 is 0 Å². The number of ether oxygens (including phenoxy) is 1. The van der Waals surface area contributed by atoms with E-state index in [9.17, 15) is 0 Å². The molecule has 1 atom stereocenters. The monoisotopic (exact) mass is 429 g/mol. The standard InChI is InChI=1S/C20H39N3O3SSi/c1-17(16-25-28(5,6)20(2,3)4)8-7-9-18-21-19(26-22-18)27-15-12-23-10-13-24-14-11-23/h17H,7-16H2,1-6H3. The van der Waals surface area contributed by atoms with Gasteiger partial charge in [0.15, 0.2) is 14.1 Å². The number of aryl methyl sites for hydroxylation is 1. The molecular formula is C20H39N3O3SSi. The largest absolute Gasteiger partial charge is 0.417 e. The topological polar surface area (TPSA) is 60.6 Å². The van der Waals surface area contributed by atoms with Gasteiger partial charge < -0.3 is 13.7 Å². The maximum Gasteiger partial charge on any atom is 0.285 e. The lowest BCUT2D eigenvalue weighted by molar-refractivity contribution is 0.0410. The molecule has 0 spiro atoms. The highest BCUT2D eigenvalue weighted by Crippen LogP contribution is 2.36. The number of aromatic nitrogens is 2. The second-order valence-corrected chi connectivity index (χ2v) is 15.2. The fraction of sp³-hybridized carbons (Fsp3) is 0.900. The molecule has 162 valence electrons. The molecule has 1 aliphatic rings. The van der Waals surface area contributed by atoms with Crippen LogP contribution in [-0.4, -0.2) is 68.6 Å². The zero-order chi connectivity index (χ0) is 20.6. The molecule has 0 radical (unpaired) electrons. The van der Waals surface area contributed by atoms with Gasteiger partial charge in [0.1, 0.15) is 0 Å². The first-order valence-corrected chi connectivity index (χ1v) is 14.5. The van der Waals surface area contributed by atoms with Gasteiger partial charge in [-0.05, 0) is 36.9 Å². The van der Waals surface area contributed by atoms with E-state index in [2.05, 4.69) is 55.8 Å². The Morgan fingerprint density at radius 2 is 1.96 bits per heavy atom. The highest BCUT2D eigenvalue weighted by atomic mass is 32.2. The lowest BCUT2D eigenvalue weighted by Crippen LogP contribution is -2.41. The van der Waals surface area contributed by atoms with Gasteiger partial charge in [-0.2, -0.15) is 4.98 Å². The van der Waals surface area contributed by atoms with Gasteiger partial charge in [0.25, 0.3) is 5.22 Å². The summed E-state index contributed by atoms with van der Waals surface area (Å²) >= 11 is 1.65. The average molecular weight is 430 g/mol. The van der Waals surface area contributed by atoms with Crippen LogP contribution in [0.1, 0.15) is 46.4 Å².